The van der Waals surface area contributed by atoms with Gasteiger partial charge < -0.3 is 72.6 Å². The van der Waals surface area contributed by atoms with Crippen molar-refractivity contribution in [1.29, 1.82) is 0 Å². The van der Waals surface area contributed by atoms with E-state index in [1.54, 1.807) is 63.9 Å². The van der Waals surface area contributed by atoms with E-state index >= 15 is 0 Å². The second-order valence-corrected chi connectivity index (χ2v) is 22.5. The van der Waals surface area contributed by atoms with E-state index in [1.807, 2.05) is 39.0 Å². The number of methoxy groups -OCH3 is 2. The summed E-state index contributed by atoms with van der Waals surface area (Å²) in [5.74, 6) is -2.51. The lowest BCUT2D eigenvalue weighted by Crippen LogP contribution is -2.63. The molecule has 3 amide bonds. The number of carbonyl (C=O) groups is 5. The SMILES string of the molecule is COc1cc2cc(c1Cl)N(C)C(=O)C[C@H](OC(=O)[C@H](C)N(C)C(=O)CCC(C)(C)SCC=CCOCCOCCOCCOCCC(=O)On1c(O)ccc1O)[C@]1(C)O[C@H]1[C@H](C)[C@@H]1C[C@@](O)(NC(=O)O1)[C@H](OC)C=CC=C(C)C2. The topological polar surface area (TPSA) is 265 Å². The number of fused-ring (bicyclic) bond motifs is 5. The van der Waals surface area contributed by atoms with E-state index in [4.69, 9.17) is 59.1 Å². The molecule has 2 saturated heterocycles. The molecule has 2 fully saturated rings. The number of anilines is 1. The first-order valence-corrected chi connectivity index (χ1v) is 27.6. The molecule has 4 bridgehead atoms. The van der Waals surface area contributed by atoms with Crippen LogP contribution in [0.2, 0.25) is 5.02 Å². The van der Waals surface area contributed by atoms with Crippen LogP contribution in [0.25, 0.3) is 0 Å². The van der Waals surface area contributed by atoms with Gasteiger partial charge in [0.1, 0.15) is 40.7 Å². The number of aliphatic hydroxyl groups is 1. The lowest BCUT2D eigenvalue weighted by molar-refractivity contribution is -0.162. The maximum Gasteiger partial charge on any atom is 0.409 e. The Bertz CT molecular complexity index is 2470. The highest BCUT2D eigenvalue weighted by atomic mass is 35.5. The number of allylic oxidation sites excluding steroid dienone is 3. The number of aromatic nitrogens is 1. The number of hydrogen-bond acceptors (Lipinski definition) is 19. The van der Waals surface area contributed by atoms with Crippen LogP contribution in [0.4, 0.5) is 10.5 Å². The number of epoxide rings is 1. The number of hydrogen-bond donors (Lipinski definition) is 4. The van der Waals surface area contributed by atoms with Crippen LogP contribution in [0.15, 0.2) is 60.2 Å². The number of carbonyl (C=O) groups excluding carboxylic acids is 5. The van der Waals surface area contributed by atoms with Crippen molar-refractivity contribution in [1.82, 2.24) is 14.9 Å². The highest BCUT2D eigenvalue weighted by Crippen LogP contribution is 2.49. The number of alkyl carbamates (subject to hydrolysis) is 1. The predicted molar refractivity (Wildman–Crippen MR) is 293 cm³/mol. The molecule has 0 spiro atoms. The fourth-order valence-corrected chi connectivity index (χ4v) is 10.1. The first-order valence-electron chi connectivity index (χ1n) is 26.2. The van der Waals surface area contributed by atoms with Gasteiger partial charge in [0.15, 0.2) is 5.72 Å². The molecule has 0 unspecified atom stereocenters. The average Bonchev–Trinajstić information content (AvgIpc) is 4.01. The first kappa shape index (κ1) is 64.5. The Hall–Kier alpha value is -5.37. The summed E-state index contributed by atoms with van der Waals surface area (Å²) < 4.78 is 51.8. The van der Waals surface area contributed by atoms with Crippen LogP contribution < -0.4 is 19.8 Å². The number of likely N-dealkylation sites (N-methyl/N-ethyl adjacent to an activating group) is 1. The third-order valence-corrected chi connectivity index (χ3v) is 15.7. The molecule has 0 aliphatic carbocycles. The number of amides is 3. The van der Waals surface area contributed by atoms with Crippen LogP contribution in [0.1, 0.15) is 79.2 Å². The van der Waals surface area contributed by atoms with E-state index in [2.05, 4.69) is 5.32 Å². The van der Waals surface area contributed by atoms with Gasteiger partial charge >= 0.3 is 18.0 Å². The summed E-state index contributed by atoms with van der Waals surface area (Å²) in [5, 5.41) is 33.6. The molecule has 3 aliphatic heterocycles. The zero-order valence-corrected chi connectivity index (χ0v) is 48.4. The lowest BCUT2D eigenvalue weighted by atomic mass is 9.83. The van der Waals surface area contributed by atoms with Gasteiger partial charge in [-0.05, 0) is 51.3 Å². The van der Waals surface area contributed by atoms with Gasteiger partial charge in [0, 0.05) is 62.6 Å². The Morgan fingerprint density at radius 1 is 1.00 bits per heavy atom. The monoisotopic (exact) mass is 1150 g/mol. The molecule has 0 radical (unpaired) electrons. The van der Waals surface area contributed by atoms with Gasteiger partial charge in [-0.3, -0.25) is 14.9 Å². The van der Waals surface area contributed by atoms with Gasteiger partial charge in [0.05, 0.1) is 84.6 Å². The smallest absolute Gasteiger partial charge is 0.409 e. The maximum atomic E-state index is 14.4. The number of rotatable bonds is 26. The Morgan fingerprint density at radius 3 is 2.29 bits per heavy atom. The van der Waals surface area contributed by atoms with Crippen LogP contribution in [0.3, 0.4) is 0 Å². The Balaban J connectivity index is 1.07. The largest absolute Gasteiger partial charge is 0.495 e. The zero-order chi connectivity index (χ0) is 58.1. The molecular formula is C55H79ClN4O18S. The minimum atomic E-state index is -1.86. The van der Waals surface area contributed by atoms with Gasteiger partial charge in [-0.1, -0.05) is 68.3 Å². The summed E-state index contributed by atoms with van der Waals surface area (Å²) >= 11 is 8.50. The summed E-state index contributed by atoms with van der Waals surface area (Å²) in [6.45, 7) is 13.6. The number of esters is 1. The van der Waals surface area contributed by atoms with Crippen LogP contribution in [-0.2, 0) is 63.5 Å². The predicted octanol–water partition coefficient (Wildman–Crippen LogP) is 5.69. The number of nitrogens with zero attached hydrogens (tertiary/aromatic N) is 3. The molecule has 5 rings (SSSR count). The summed E-state index contributed by atoms with van der Waals surface area (Å²) in [6.07, 6.45) is 5.17. The minimum Gasteiger partial charge on any atom is -0.495 e. The third-order valence-electron chi connectivity index (χ3n) is 14.0. The Kier molecular flexibility index (Phi) is 24.4. The van der Waals surface area contributed by atoms with Gasteiger partial charge in [-0.15, -0.1) is 4.73 Å². The number of thioether (sulfide) groups is 1. The molecule has 1 aromatic heterocycles. The molecule has 0 saturated carbocycles. The van der Waals surface area contributed by atoms with E-state index in [0.717, 1.165) is 11.1 Å². The average molecular weight is 1150 g/mol. The number of aromatic hydroxyl groups is 2. The van der Waals surface area contributed by atoms with Crippen LogP contribution in [0, 0.1) is 5.92 Å². The van der Waals surface area contributed by atoms with Crippen LogP contribution >= 0.6 is 23.4 Å². The van der Waals surface area contributed by atoms with Crippen LogP contribution in [0.5, 0.6) is 17.5 Å². The van der Waals surface area contributed by atoms with E-state index in [-0.39, 0.29) is 54.6 Å². The van der Waals surface area contributed by atoms with Gasteiger partial charge in [0.2, 0.25) is 23.6 Å². The van der Waals surface area contributed by atoms with E-state index in [0.29, 0.717) is 74.4 Å². The third kappa shape index (κ3) is 18.6. The molecule has 22 nitrogen and oxygen atoms in total. The Morgan fingerprint density at radius 2 is 1.65 bits per heavy atom. The van der Waals surface area contributed by atoms with Crippen molar-refractivity contribution in [3.63, 3.8) is 0 Å². The summed E-state index contributed by atoms with van der Waals surface area (Å²) in [5.41, 5.74) is -1.06. The maximum absolute atomic E-state index is 14.4. The Labute approximate surface area is 471 Å². The van der Waals surface area contributed by atoms with Gasteiger partial charge in [-0.2, -0.15) is 11.8 Å². The molecule has 79 heavy (non-hydrogen) atoms. The molecule has 440 valence electrons. The number of halogens is 1. The summed E-state index contributed by atoms with van der Waals surface area (Å²) in [4.78, 5) is 74.6. The fourth-order valence-electron chi connectivity index (χ4n) is 8.89. The summed E-state index contributed by atoms with van der Waals surface area (Å²) in [7, 11) is 6.02. The second-order valence-electron chi connectivity index (χ2n) is 20.4. The summed E-state index contributed by atoms with van der Waals surface area (Å²) in [6, 6.07) is 4.90. The zero-order valence-electron chi connectivity index (χ0n) is 46.9. The van der Waals surface area contributed by atoms with E-state index in [9.17, 15) is 39.3 Å². The van der Waals surface area contributed by atoms with Crippen molar-refractivity contribution in [2.75, 3.05) is 91.8 Å². The van der Waals surface area contributed by atoms with E-state index in [1.165, 1.54) is 43.2 Å². The van der Waals surface area contributed by atoms with Crippen molar-refractivity contribution < 1.29 is 86.8 Å². The highest BCUT2D eigenvalue weighted by Gasteiger charge is 2.64. The van der Waals surface area contributed by atoms with E-state index < -0.39 is 83.4 Å². The molecule has 4 heterocycles. The highest BCUT2D eigenvalue weighted by molar-refractivity contribution is 8.00. The van der Waals surface area contributed by atoms with Gasteiger partial charge in [-0.25, -0.2) is 14.4 Å². The lowest BCUT2D eigenvalue weighted by Gasteiger charge is -2.42. The van der Waals surface area contributed by atoms with Crippen molar-refractivity contribution >= 4 is 58.9 Å². The minimum absolute atomic E-state index is 0.0776. The second kappa shape index (κ2) is 29.9. The van der Waals surface area contributed by atoms with Crippen molar-refractivity contribution in [3.8, 4) is 17.5 Å². The molecular weight excluding hydrogens is 1070 g/mol. The first-order chi connectivity index (χ1) is 37.4. The molecule has 24 heteroatoms. The molecule has 3 aliphatic rings. The molecule has 4 N–H and O–H groups in total. The normalized spacial score (nSPS) is 24.0. The number of ether oxygens (including phenoxy) is 9. The molecule has 8 atom stereocenters. The molecule has 2 aromatic rings. The van der Waals surface area contributed by atoms with Crippen molar-refractivity contribution in [3.05, 3.63) is 70.8 Å². The standard InChI is InChI=1S/C55H79ClN4O18S/c1-35-14-13-15-42(70-10)55(68)34-41(75-52(67)57-55)36(2)50-54(6,77-50)43(33-47(64)59(8)39-31-38(30-35)32-40(69-9)49(39)56)76-51(66)37(3)58(7)44(61)18-20-53(4,5)79-29-12-11-21-71-23-25-73-27-28-74-26-24-72-22-19-48(65)78-60-45(62)16-17-46(60)63/h11-17,31-32,36-37,41-43,50,62-63,68H,18-30,33-34H2,1-10H3,(H,57,67)/t36-,37+,41+,42-,43+,50+,54+,55+/m1/s1. The fraction of sp³-hybridized carbons (Fsp3) is 0.618. The van der Waals surface area contributed by atoms with Crippen molar-refractivity contribution in [2.24, 2.45) is 5.92 Å². The van der Waals surface area contributed by atoms with Crippen molar-refractivity contribution in [2.45, 2.75) is 127 Å². The molecule has 1 aromatic carbocycles. The number of nitrogens with one attached hydrogen (secondary N) is 1. The van der Waals surface area contributed by atoms with Crippen LogP contribution in [-0.4, -0.2) is 188 Å². The quantitative estimate of drug-likeness (QED) is 0.0382. The van der Waals surface area contributed by atoms with Gasteiger partial charge in [0.25, 0.3) is 0 Å². The number of benzene rings is 1.